The second-order valence-corrected chi connectivity index (χ2v) is 6.86. The van der Waals surface area contributed by atoms with Gasteiger partial charge in [0.15, 0.2) is 0 Å². The van der Waals surface area contributed by atoms with E-state index in [9.17, 15) is 9.59 Å². The minimum Gasteiger partial charge on any atom is -0.497 e. The van der Waals surface area contributed by atoms with Crippen LogP contribution in [0.25, 0.3) is 0 Å². The number of benzene rings is 2. The molecule has 5 heteroatoms. The monoisotopic (exact) mass is 366 g/mol. The standard InChI is InChI=1S/C22H26N2O3/c1-3-12-23-21(25)20-15-24(14-19(20)16-8-5-4-6-9-16)22(26)17-10-7-11-18(13-17)27-2/h4-11,13,19-20H,3,12,14-15H2,1-2H3,(H,23,25)/t19-,20+/m1/s1. The fraction of sp³-hybridized carbons (Fsp3) is 0.364. The molecule has 0 aromatic heterocycles. The van der Waals surface area contributed by atoms with Crippen molar-refractivity contribution in [1.29, 1.82) is 0 Å². The van der Waals surface area contributed by atoms with Crippen molar-refractivity contribution < 1.29 is 14.3 Å². The predicted octanol–water partition coefficient (Wildman–Crippen LogP) is 3.08. The lowest BCUT2D eigenvalue weighted by molar-refractivity contribution is -0.124. The van der Waals surface area contributed by atoms with E-state index >= 15 is 0 Å². The van der Waals surface area contributed by atoms with E-state index in [1.807, 2.05) is 49.4 Å². The van der Waals surface area contributed by atoms with E-state index in [1.54, 1.807) is 24.1 Å². The molecule has 0 saturated carbocycles. The SMILES string of the molecule is CCCNC(=O)[C@H]1CN(C(=O)c2cccc(OC)c2)C[C@@H]1c1ccccc1. The fourth-order valence-corrected chi connectivity index (χ4v) is 3.59. The van der Waals surface area contributed by atoms with Crippen LogP contribution in [0, 0.1) is 5.92 Å². The lowest BCUT2D eigenvalue weighted by atomic mass is 9.88. The summed E-state index contributed by atoms with van der Waals surface area (Å²) in [5, 5.41) is 2.99. The molecule has 2 amide bonds. The van der Waals surface area contributed by atoms with E-state index < -0.39 is 0 Å². The Kier molecular flexibility index (Phi) is 6.12. The van der Waals surface area contributed by atoms with Gasteiger partial charge in [0, 0.05) is 31.1 Å². The first-order valence-electron chi connectivity index (χ1n) is 9.40. The highest BCUT2D eigenvalue weighted by Gasteiger charge is 2.40. The highest BCUT2D eigenvalue weighted by atomic mass is 16.5. The first-order chi connectivity index (χ1) is 13.1. The minimum atomic E-state index is -0.242. The molecule has 2 aromatic rings. The average molecular weight is 366 g/mol. The van der Waals surface area contributed by atoms with E-state index in [0.717, 1.165) is 12.0 Å². The van der Waals surface area contributed by atoms with Gasteiger partial charge in [-0.25, -0.2) is 0 Å². The Morgan fingerprint density at radius 1 is 1.11 bits per heavy atom. The van der Waals surface area contributed by atoms with Crippen LogP contribution in [0.4, 0.5) is 0 Å². The summed E-state index contributed by atoms with van der Waals surface area (Å²) in [4.78, 5) is 27.5. The number of methoxy groups -OCH3 is 1. The van der Waals surface area contributed by atoms with Crippen LogP contribution in [0.15, 0.2) is 54.6 Å². The molecular formula is C22H26N2O3. The number of hydrogen-bond acceptors (Lipinski definition) is 3. The Hall–Kier alpha value is -2.82. The number of ether oxygens (including phenoxy) is 1. The van der Waals surface area contributed by atoms with Crippen LogP contribution in [-0.2, 0) is 4.79 Å². The molecule has 1 aliphatic heterocycles. The maximum atomic E-state index is 13.0. The van der Waals surface area contributed by atoms with Gasteiger partial charge < -0.3 is 15.0 Å². The zero-order valence-corrected chi connectivity index (χ0v) is 15.9. The van der Waals surface area contributed by atoms with Gasteiger partial charge in [0.05, 0.1) is 13.0 Å². The van der Waals surface area contributed by atoms with Gasteiger partial charge in [-0.2, -0.15) is 0 Å². The zero-order valence-electron chi connectivity index (χ0n) is 15.9. The first kappa shape index (κ1) is 19.0. The Balaban J connectivity index is 1.83. The number of likely N-dealkylation sites (tertiary alicyclic amines) is 1. The van der Waals surface area contributed by atoms with Crippen molar-refractivity contribution >= 4 is 11.8 Å². The fourth-order valence-electron chi connectivity index (χ4n) is 3.59. The summed E-state index contributed by atoms with van der Waals surface area (Å²) >= 11 is 0. The normalized spacial score (nSPS) is 19.0. The van der Waals surface area contributed by atoms with Gasteiger partial charge >= 0.3 is 0 Å². The highest BCUT2D eigenvalue weighted by Crippen LogP contribution is 2.34. The zero-order chi connectivity index (χ0) is 19.2. The molecule has 142 valence electrons. The summed E-state index contributed by atoms with van der Waals surface area (Å²) in [6, 6.07) is 17.1. The molecule has 0 unspecified atom stereocenters. The van der Waals surface area contributed by atoms with Crippen LogP contribution in [-0.4, -0.2) is 43.5 Å². The Bertz CT molecular complexity index is 791. The quantitative estimate of drug-likeness (QED) is 0.855. The van der Waals surface area contributed by atoms with E-state index in [-0.39, 0.29) is 23.7 Å². The molecule has 0 aliphatic carbocycles. The van der Waals surface area contributed by atoms with Crippen LogP contribution in [0.2, 0.25) is 0 Å². The van der Waals surface area contributed by atoms with Crippen molar-refractivity contribution in [3.63, 3.8) is 0 Å². The molecule has 0 spiro atoms. The van der Waals surface area contributed by atoms with Gasteiger partial charge in [0.2, 0.25) is 5.91 Å². The molecule has 1 heterocycles. The third-order valence-corrected chi connectivity index (χ3v) is 5.04. The van der Waals surface area contributed by atoms with E-state index in [4.69, 9.17) is 4.74 Å². The Labute approximate surface area is 160 Å². The van der Waals surface area contributed by atoms with Crippen LogP contribution in [0.5, 0.6) is 5.75 Å². The molecule has 1 fully saturated rings. The van der Waals surface area contributed by atoms with Gasteiger partial charge in [0.25, 0.3) is 5.91 Å². The van der Waals surface area contributed by atoms with Crippen molar-refractivity contribution in [3.05, 3.63) is 65.7 Å². The number of carbonyl (C=O) groups is 2. The molecule has 1 saturated heterocycles. The molecule has 27 heavy (non-hydrogen) atoms. The second-order valence-electron chi connectivity index (χ2n) is 6.86. The second kappa shape index (κ2) is 8.71. The predicted molar refractivity (Wildman–Crippen MR) is 105 cm³/mol. The lowest BCUT2D eigenvalue weighted by Gasteiger charge is -2.17. The highest BCUT2D eigenvalue weighted by molar-refractivity contribution is 5.95. The molecular weight excluding hydrogens is 340 g/mol. The van der Waals surface area contributed by atoms with E-state index in [2.05, 4.69) is 5.32 Å². The molecule has 5 nitrogen and oxygen atoms in total. The molecule has 3 rings (SSSR count). The van der Waals surface area contributed by atoms with Gasteiger partial charge in [-0.1, -0.05) is 43.3 Å². The topological polar surface area (TPSA) is 58.6 Å². The van der Waals surface area contributed by atoms with Crippen molar-refractivity contribution in [1.82, 2.24) is 10.2 Å². The maximum Gasteiger partial charge on any atom is 0.254 e. The van der Waals surface area contributed by atoms with Crippen molar-refractivity contribution in [3.8, 4) is 5.75 Å². The lowest BCUT2D eigenvalue weighted by Crippen LogP contribution is -2.36. The van der Waals surface area contributed by atoms with Gasteiger partial charge in [0.1, 0.15) is 5.75 Å². The molecule has 1 aliphatic rings. The van der Waals surface area contributed by atoms with Gasteiger partial charge in [-0.15, -0.1) is 0 Å². The van der Waals surface area contributed by atoms with Crippen LogP contribution < -0.4 is 10.1 Å². The largest absolute Gasteiger partial charge is 0.497 e. The third-order valence-electron chi connectivity index (χ3n) is 5.04. The average Bonchev–Trinajstić information content (AvgIpc) is 3.17. The van der Waals surface area contributed by atoms with Crippen LogP contribution >= 0.6 is 0 Å². The molecule has 2 atom stereocenters. The summed E-state index contributed by atoms with van der Waals surface area (Å²) in [6.45, 7) is 3.64. The van der Waals surface area contributed by atoms with E-state index in [1.165, 1.54) is 0 Å². The summed E-state index contributed by atoms with van der Waals surface area (Å²) in [6.07, 6.45) is 0.890. The van der Waals surface area contributed by atoms with E-state index in [0.29, 0.717) is 30.9 Å². The Morgan fingerprint density at radius 3 is 2.59 bits per heavy atom. The Morgan fingerprint density at radius 2 is 1.89 bits per heavy atom. The first-order valence-corrected chi connectivity index (χ1v) is 9.40. The molecule has 0 bridgehead atoms. The number of amides is 2. The van der Waals surface area contributed by atoms with Gasteiger partial charge in [-0.05, 0) is 30.2 Å². The van der Waals surface area contributed by atoms with Crippen molar-refractivity contribution in [2.45, 2.75) is 19.3 Å². The van der Waals surface area contributed by atoms with Crippen molar-refractivity contribution in [2.75, 3.05) is 26.7 Å². The number of nitrogens with one attached hydrogen (secondary N) is 1. The van der Waals surface area contributed by atoms with Crippen LogP contribution in [0.1, 0.15) is 35.2 Å². The maximum absolute atomic E-state index is 13.0. The third kappa shape index (κ3) is 4.30. The summed E-state index contributed by atoms with van der Waals surface area (Å²) in [5.74, 6) is 0.357. The van der Waals surface area contributed by atoms with Gasteiger partial charge in [-0.3, -0.25) is 9.59 Å². The smallest absolute Gasteiger partial charge is 0.254 e. The number of carbonyl (C=O) groups excluding carboxylic acids is 2. The molecule has 0 radical (unpaired) electrons. The summed E-state index contributed by atoms with van der Waals surface area (Å²) in [7, 11) is 1.58. The molecule has 1 N–H and O–H groups in total. The minimum absolute atomic E-state index is 0.00221. The summed E-state index contributed by atoms with van der Waals surface area (Å²) in [5.41, 5.74) is 1.67. The molecule has 2 aromatic carbocycles. The number of hydrogen-bond donors (Lipinski definition) is 1. The summed E-state index contributed by atoms with van der Waals surface area (Å²) < 4.78 is 5.23. The number of nitrogens with zero attached hydrogens (tertiary/aromatic N) is 1. The number of rotatable bonds is 6. The van der Waals surface area contributed by atoms with Crippen LogP contribution in [0.3, 0.4) is 0 Å². The van der Waals surface area contributed by atoms with Crippen molar-refractivity contribution in [2.24, 2.45) is 5.92 Å².